The second-order valence-electron chi connectivity index (χ2n) is 2.16. The molecule has 0 saturated heterocycles. The van der Waals surface area contributed by atoms with E-state index >= 15 is 0 Å². The van der Waals surface area contributed by atoms with Gasteiger partial charge in [0.25, 0.3) is 0 Å². The minimum absolute atomic E-state index is 0.851. The van der Waals surface area contributed by atoms with Gasteiger partial charge >= 0.3 is 0 Å². The second-order valence-corrected chi connectivity index (χ2v) is 2.78. The molecule has 1 aromatic rings. The van der Waals surface area contributed by atoms with Crippen LogP contribution in [0.2, 0.25) is 0 Å². The Hall–Kier alpha value is -0.670. The van der Waals surface area contributed by atoms with Crippen molar-refractivity contribution < 1.29 is 4.74 Å². The van der Waals surface area contributed by atoms with Crippen LogP contribution in [-0.2, 0) is 5.75 Å². The quantitative estimate of drug-likeness (QED) is 0.701. The van der Waals surface area contributed by atoms with Gasteiger partial charge in [-0.2, -0.15) is 0 Å². The zero-order valence-electron chi connectivity index (χ0n) is 6.41. The van der Waals surface area contributed by atoms with Crippen LogP contribution in [0.3, 0.4) is 0 Å². The fourth-order valence-corrected chi connectivity index (χ4v) is 1.20. The Morgan fingerprint density at radius 1 is 1.36 bits per heavy atom. The van der Waals surface area contributed by atoms with Crippen LogP contribution in [0.25, 0.3) is 0 Å². The van der Waals surface area contributed by atoms with Crippen LogP contribution < -0.4 is 9.88 Å². The summed E-state index contributed by atoms with van der Waals surface area (Å²) in [5.74, 6) is 1.74. The van der Waals surface area contributed by atoms with Gasteiger partial charge in [-0.05, 0) is 17.7 Å². The van der Waals surface area contributed by atoms with E-state index < -0.39 is 0 Å². The summed E-state index contributed by atoms with van der Waals surface area (Å²) in [7, 11) is 1.66. The van der Waals surface area contributed by atoms with E-state index in [0.717, 1.165) is 11.5 Å². The van der Waals surface area contributed by atoms with Crippen LogP contribution in [0.15, 0.2) is 24.3 Å². The third kappa shape index (κ3) is 2.44. The maximum absolute atomic E-state index is 5.32. The van der Waals surface area contributed by atoms with Crippen molar-refractivity contribution in [3.8, 4) is 5.75 Å². The Balaban J connectivity index is 2.66. The van der Waals surface area contributed by atoms with Crippen molar-refractivity contribution in [3.05, 3.63) is 29.8 Å². The van der Waals surface area contributed by atoms with Gasteiger partial charge in [-0.25, -0.2) is 0 Å². The van der Waals surface area contributed by atoms with E-state index in [1.54, 1.807) is 7.11 Å². The first kappa shape index (κ1) is 8.43. The van der Waals surface area contributed by atoms with E-state index in [2.05, 4.69) is 0 Å². The molecule has 0 amide bonds. The average molecular weight is 169 g/mol. The molecule has 0 radical (unpaired) electrons. The molecule has 0 bridgehead atoms. The van der Waals surface area contributed by atoms with Crippen LogP contribution in [0.1, 0.15) is 5.56 Å². The molecule has 2 N–H and O–H groups in total. The van der Waals surface area contributed by atoms with Crippen molar-refractivity contribution in [3.63, 3.8) is 0 Å². The standard InChI is InChI=1S/C8H11NOS/c1-10-8-4-2-7(3-5-8)6-11-9/h2-5H,6,9H2,1H3. The van der Waals surface area contributed by atoms with Gasteiger partial charge in [0.1, 0.15) is 5.75 Å². The Bertz CT molecular complexity index is 210. The Kier molecular flexibility index (Phi) is 3.26. The van der Waals surface area contributed by atoms with Crippen LogP contribution in [0, 0.1) is 0 Å². The van der Waals surface area contributed by atoms with Crippen molar-refractivity contribution in [2.24, 2.45) is 5.14 Å². The number of hydrogen-bond acceptors (Lipinski definition) is 3. The predicted molar refractivity (Wildman–Crippen MR) is 48.5 cm³/mol. The Labute approximate surface area is 70.9 Å². The lowest BCUT2D eigenvalue weighted by Gasteiger charge is -2.00. The molecule has 11 heavy (non-hydrogen) atoms. The topological polar surface area (TPSA) is 35.2 Å². The number of benzene rings is 1. The molecule has 0 unspecified atom stereocenters. The number of methoxy groups -OCH3 is 1. The minimum Gasteiger partial charge on any atom is -0.497 e. The number of ether oxygens (including phenoxy) is 1. The van der Waals surface area contributed by atoms with E-state index in [9.17, 15) is 0 Å². The molecule has 0 aromatic heterocycles. The molecular formula is C8H11NOS. The van der Waals surface area contributed by atoms with Crippen LogP contribution in [0.4, 0.5) is 0 Å². The third-order valence-corrected chi connectivity index (χ3v) is 1.91. The van der Waals surface area contributed by atoms with Gasteiger partial charge in [0, 0.05) is 5.75 Å². The third-order valence-electron chi connectivity index (χ3n) is 1.41. The summed E-state index contributed by atoms with van der Waals surface area (Å²) in [6.07, 6.45) is 0. The minimum atomic E-state index is 0.851. The molecular weight excluding hydrogens is 158 g/mol. The molecule has 2 nitrogen and oxygen atoms in total. The van der Waals surface area contributed by atoms with Crippen molar-refractivity contribution in [1.29, 1.82) is 0 Å². The summed E-state index contributed by atoms with van der Waals surface area (Å²) in [5, 5.41) is 5.32. The average Bonchev–Trinajstić information content (AvgIpc) is 2.07. The smallest absolute Gasteiger partial charge is 0.118 e. The fraction of sp³-hybridized carbons (Fsp3) is 0.250. The molecule has 60 valence electrons. The Morgan fingerprint density at radius 3 is 2.45 bits per heavy atom. The lowest BCUT2D eigenvalue weighted by atomic mass is 10.2. The van der Waals surface area contributed by atoms with E-state index in [0.29, 0.717) is 0 Å². The van der Waals surface area contributed by atoms with Crippen molar-refractivity contribution in [1.82, 2.24) is 0 Å². The van der Waals surface area contributed by atoms with E-state index in [1.165, 1.54) is 17.5 Å². The normalized spacial score (nSPS) is 9.64. The van der Waals surface area contributed by atoms with Gasteiger partial charge < -0.3 is 4.74 Å². The lowest BCUT2D eigenvalue weighted by Crippen LogP contribution is -1.86. The first-order chi connectivity index (χ1) is 5.36. The molecule has 0 saturated carbocycles. The summed E-state index contributed by atoms with van der Waals surface area (Å²) in [6.45, 7) is 0. The molecule has 0 fully saturated rings. The molecule has 1 rings (SSSR count). The predicted octanol–water partition coefficient (Wildman–Crippen LogP) is 1.80. The largest absolute Gasteiger partial charge is 0.497 e. The molecule has 1 aromatic carbocycles. The van der Waals surface area contributed by atoms with Gasteiger partial charge in [0.05, 0.1) is 7.11 Å². The highest BCUT2D eigenvalue weighted by Gasteiger charge is 1.91. The number of nitrogens with two attached hydrogens (primary N) is 1. The SMILES string of the molecule is COc1ccc(CSN)cc1. The number of hydrogen-bond donors (Lipinski definition) is 1. The van der Waals surface area contributed by atoms with Crippen LogP contribution in [0.5, 0.6) is 5.75 Å². The Morgan fingerprint density at radius 2 is 2.00 bits per heavy atom. The monoisotopic (exact) mass is 169 g/mol. The van der Waals surface area contributed by atoms with Gasteiger partial charge in [0.15, 0.2) is 0 Å². The first-order valence-corrected chi connectivity index (χ1v) is 4.36. The maximum atomic E-state index is 5.32. The summed E-state index contributed by atoms with van der Waals surface area (Å²) < 4.78 is 5.01. The number of rotatable bonds is 3. The molecule has 0 aliphatic carbocycles. The fourth-order valence-electron chi connectivity index (χ4n) is 0.818. The van der Waals surface area contributed by atoms with Crippen molar-refractivity contribution in [2.45, 2.75) is 5.75 Å². The van der Waals surface area contributed by atoms with E-state index in [1.807, 2.05) is 24.3 Å². The highest BCUT2D eigenvalue weighted by Crippen LogP contribution is 2.13. The zero-order chi connectivity index (χ0) is 8.10. The molecule has 0 atom stereocenters. The van der Waals surface area contributed by atoms with E-state index in [-0.39, 0.29) is 0 Å². The van der Waals surface area contributed by atoms with Gasteiger partial charge in [-0.3, -0.25) is 5.14 Å². The van der Waals surface area contributed by atoms with Gasteiger partial charge in [-0.1, -0.05) is 24.1 Å². The molecule has 0 heterocycles. The summed E-state index contributed by atoms with van der Waals surface area (Å²) in [6, 6.07) is 7.90. The summed E-state index contributed by atoms with van der Waals surface area (Å²) in [4.78, 5) is 0. The second kappa shape index (κ2) is 4.26. The van der Waals surface area contributed by atoms with Crippen LogP contribution in [-0.4, -0.2) is 7.11 Å². The van der Waals surface area contributed by atoms with E-state index in [4.69, 9.17) is 9.88 Å². The summed E-state index contributed by atoms with van der Waals surface area (Å²) in [5.41, 5.74) is 1.22. The lowest BCUT2D eigenvalue weighted by molar-refractivity contribution is 0.414. The summed E-state index contributed by atoms with van der Waals surface area (Å²) >= 11 is 1.33. The molecule has 0 aliphatic heterocycles. The van der Waals surface area contributed by atoms with Gasteiger partial charge in [-0.15, -0.1) is 0 Å². The van der Waals surface area contributed by atoms with Crippen molar-refractivity contribution in [2.75, 3.05) is 7.11 Å². The maximum Gasteiger partial charge on any atom is 0.118 e. The van der Waals surface area contributed by atoms with Crippen molar-refractivity contribution >= 4 is 11.9 Å². The molecule has 0 aliphatic rings. The van der Waals surface area contributed by atoms with Crippen LogP contribution >= 0.6 is 11.9 Å². The van der Waals surface area contributed by atoms with Gasteiger partial charge in [0.2, 0.25) is 0 Å². The molecule has 0 spiro atoms. The highest BCUT2D eigenvalue weighted by molar-refractivity contribution is 7.96. The highest BCUT2D eigenvalue weighted by atomic mass is 32.2. The molecule has 3 heteroatoms. The first-order valence-electron chi connectivity index (χ1n) is 3.31. The zero-order valence-corrected chi connectivity index (χ0v) is 7.23.